The molecule has 0 saturated carbocycles. The smallest absolute Gasteiger partial charge is 0.333 e. The number of alkyl halides is 3. The Hall–Kier alpha value is -1.28. The molecule has 1 fully saturated rings. The second-order valence-corrected chi connectivity index (χ2v) is 5.65. The summed E-state index contributed by atoms with van der Waals surface area (Å²) in [6.07, 6.45) is -4.18. The number of piperazine rings is 1. The summed E-state index contributed by atoms with van der Waals surface area (Å²) in [6.45, 7) is 0.716. The molecule has 0 atom stereocenters. The Labute approximate surface area is 119 Å². The van der Waals surface area contributed by atoms with Crippen LogP contribution in [0, 0.1) is 0 Å². The number of hydrogen-bond donors (Lipinski definition) is 1. The normalized spacial score (nSPS) is 17.2. The Balaban J connectivity index is 1.71. The molecule has 1 aliphatic rings. The Kier molecular flexibility index (Phi) is 4.87. The highest BCUT2D eigenvalue weighted by molar-refractivity contribution is 7.09. The van der Waals surface area contributed by atoms with Crippen LogP contribution in [0.2, 0.25) is 0 Å². The predicted molar refractivity (Wildman–Crippen MR) is 70.6 cm³/mol. The fraction of sp³-hybridized carbons (Fsp3) is 0.583. The zero-order valence-electron chi connectivity index (χ0n) is 10.8. The van der Waals surface area contributed by atoms with E-state index in [9.17, 15) is 18.0 Å². The van der Waals surface area contributed by atoms with E-state index in [1.165, 1.54) is 4.90 Å². The van der Waals surface area contributed by atoms with Gasteiger partial charge in [0.05, 0.1) is 13.1 Å². The highest BCUT2D eigenvalue weighted by Crippen LogP contribution is 2.17. The molecule has 0 aromatic carbocycles. The molecule has 1 aromatic heterocycles. The van der Waals surface area contributed by atoms with Crippen molar-refractivity contribution in [1.29, 1.82) is 0 Å². The quantitative estimate of drug-likeness (QED) is 0.928. The standard InChI is InChI=1S/C12H16F3N3OS/c13-12(14,15)9-17-3-5-18(6-4-17)11(19)16-8-10-2-1-7-20-10/h1-2,7H,3-6,8-9H2,(H,16,19). The van der Waals surface area contributed by atoms with Crippen molar-refractivity contribution in [3.63, 3.8) is 0 Å². The number of thiophene rings is 1. The molecular formula is C12H16F3N3OS. The van der Waals surface area contributed by atoms with Crippen molar-refractivity contribution in [2.24, 2.45) is 0 Å². The van der Waals surface area contributed by atoms with Crippen molar-refractivity contribution in [3.05, 3.63) is 22.4 Å². The number of rotatable bonds is 3. The van der Waals surface area contributed by atoms with Crippen molar-refractivity contribution in [2.45, 2.75) is 12.7 Å². The van der Waals surface area contributed by atoms with E-state index in [-0.39, 0.29) is 19.1 Å². The van der Waals surface area contributed by atoms with E-state index in [4.69, 9.17) is 0 Å². The first-order valence-electron chi connectivity index (χ1n) is 6.28. The van der Waals surface area contributed by atoms with Gasteiger partial charge in [-0.25, -0.2) is 4.79 Å². The molecule has 1 N–H and O–H groups in total. The number of hydrogen-bond acceptors (Lipinski definition) is 3. The second kappa shape index (κ2) is 6.45. The SMILES string of the molecule is O=C(NCc1cccs1)N1CCN(CC(F)(F)F)CC1. The minimum atomic E-state index is -4.18. The van der Waals surface area contributed by atoms with E-state index in [1.54, 1.807) is 16.2 Å². The van der Waals surface area contributed by atoms with Gasteiger partial charge in [-0.3, -0.25) is 4.90 Å². The van der Waals surface area contributed by atoms with E-state index in [0.717, 1.165) is 4.88 Å². The van der Waals surface area contributed by atoms with Gasteiger partial charge in [0.15, 0.2) is 0 Å². The molecule has 2 heterocycles. The van der Waals surface area contributed by atoms with Gasteiger partial charge < -0.3 is 10.2 Å². The van der Waals surface area contributed by atoms with E-state index in [1.807, 2.05) is 17.5 Å². The molecule has 1 aromatic rings. The molecule has 112 valence electrons. The fourth-order valence-electron chi connectivity index (χ4n) is 2.05. The topological polar surface area (TPSA) is 35.6 Å². The van der Waals surface area contributed by atoms with E-state index < -0.39 is 12.7 Å². The summed E-state index contributed by atoms with van der Waals surface area (Å²) in [5.41, 5.74) is 0. The molecule has 20 heavy (non-hydrogen) atoms. The maximum absolute atomic E-state index is 12.2. The summed E-state index contributed by atoms with van der Waals surface area (Å²) >= 11 is 1.55. The molecule has 0 radical (unpaired) electrons. The van der Waals surface area contributed by atoms with Gasteiger partial charge in [-0.1, -0.05) is 6.07 Å². The van der Waals surface area contributed by atoms with Gasteiger partial charge in [0, 0.05) is 31.1 Å². The van der Waals surface area contributed by atoms with Crippen molar-refractivity contribution in [3.8, 4) is 0 Å². The minimum absolute atomic E-state index is 0.218. The largest absolute Gasteiger partial charge is 0.401 e. The third-order valence-electron chi connectivity index (χ3n) is 3.06. The Morgan fingerprint density at radius 3 is 2.55 bits per heavy atom. The molecule has 0 aliphatic carbocycles. The molecule has 4 nitrogen and oxygen atoms in total. The van der Waals surface area contributed by atoms with Crippen LogP contribution in [0.15, 0.2) is 17.5 Å². The van der Waals surface area contributed by atoms with Gasteiger partial charge in [-0.15, -0.1) is 11.3 Å². The third kappa shape index (κ3) is 4.68. The van der Waals surface area contributed by atoms with Crippen LogP contribution in [0.5, 0.6) is 0 Å². The highest BCUT2D eigenvalue weighted by Gasteiger charge is 2.32. The first-order chi connectivity index (χ1) is 9.44. The average molecular weight is 307 g/mol. The third-order valence-corrected chi connectivity index (χ3v) is 3.93. The van der Waals surface area contributed by atoms with Crippen LogP contribution < -0.4 is 5.32 Å². The summed E-state index contributed by atoms with van der Waals surface area (Å²) < 4.78 is 36.7. The number of carbonyl (C=O) groups is 1. The molecule has 2 amide bonds. The zero-order valence-corrected chi connectivity index (χ0v) is 11.6. The molecule has 2 rings (SSSR count). The highest BCUT2D eigenvalue weighted by atomic mass is 32.1. The number of nitrogens with one attached hydrogen (secondary N) is 1. The van der Waals surface area contributed by atoms with Crippen LogP contribution in [0.25, 0.3) is 0 Å². The van der Waals surface area contributed by atoms with E-state index in [2.05, 4.69) is 5.32 Å². The molecule has 8 heteroatoms. The average Bonchev–Trinajstić information content (AvgIpc) is 2.88. The Morgan fingerprint density at radius 2 is 2.00 bits per heavy atom. The summed E-state index contributed by atoms with van der Waals surface area (Å²) in [6, 6.07) is 3.61. The monoisotopic (exact) mass is 307 g/mol. The van der Waals surface area contributed by atoms with Crippen LogP contribution in [0.3, 0.4) is 0 Å². The number of halogens is 3. The molecule has 0 unspecified atom stereocenters. The Morgan fingerprint density at radius 1 is 1.30 bits per heavy atom. The second-order valence-electron chi connectivity index (χ2n) is 4.62. The van der Waals surface area contributed by atoms with Crippen molar-refractivity contribution in [2.75, 3.05) is 32.7 Å². The predicted octanol–water partition coefficient (Wildman–Crippen LogP) is 2.14. The molecule has 0 spiro atoms. The van der Waals surface area contributed by atoms with Crippen LogP contribution in [-0.4, -0.2) is 54.7 Å². The maximum atomic E-state index is 12.2. The number of amides is 2. The van der Waals surface area contributed by atoms with Gasteiger partial charge >= 0.3 is 12.2 Å². The lowest BCUT2D eigenvalue weighted by Crippen LogP contribution is -2.53. The first-order valence-corrected chi connectivity index (χ1v) is 7.16. The summed E-state index contributed by atoms with van der Waals surface area (Å²) in [5.74, 6) is 0. The summed E-state index contributed by atoms with van der Waals surface area (Å²) in [7, 11) is 0. The first kappa shape index (κ1) is 15.1. The van der Waals surface area contributed by atoms with E-state index >= 15 is 0 Å². The molecule has 1 aliphatic heterocycles. The Bertz CT molecular complexity index is 428. The molecule has 0 bridgehead atoms. The minimum Gasteiger partial charge on any atom is -0.333 e. The van der Waals surface area contributed by atoms with Gasteiger partial charge in [0.2, 0.25) is 0 Å². The maximum Gasteiger partial charge on any atom is 0.401 e. The zero-order chi connectivity index (χ0) is 14.6. The number of nitrogens with zero attached hydrogens (tertiary/aromatic N) is 2. The van der Waals surface area contributed by atoms with Crippen molar-refractivity contribution in [1.82, 2.24) is 15.1 Å². The van der Waals surface area contributed by atoms with Gasteiger partial charge in [0.25, 0.3) is 0 Å². The summed E-state index contributed by atoms with van der Waals surface area (Å²) in [4.78, 5) is 15.8. The van der Waals surface area contributed by atoms with Crippen LogP contribution >= 0.6 is 11.3 Å². The van der Waals surface area contributed by atoms with Gasteiger partial charge in [-0.2, -0.15) is 13.2 Å². The van der Waals surface area contributed by atoms with Crippen LogP contribution in [0.4, 0.5) is 18.0 Å². The number of carbonyl (C=O) groups excluding carboxylic acids is 1. The fourth-order valence-corrected chi connectivity index (χ4v) is 2.69. The lowest BCUT2D eigenvalue weighted by molar-refractivity contribution is -0.148. The van der Waals surface area contributed by atoms with Crippen LogP contribution in [0.1, 0.15) is 4.88 Å². The van der Waals surface area contributed by atoms with Crippen molar-refractivity contribution < 1.29 is 18.0 Å². The van der Waals surface area contributed by atoms with Gasteiger partial charge in [-0.05, 0) is 11.4 Å². The summed E-state index contributed by atoms with van der Waals surface area (Å²) in [5, 5.41) is 4.70. The van der Waals surface area contributed by atoms with Gasteiger partial charge in [0.1, 0.15) is 0 Å². The lowest BCUT2D eigenvalue weighted by Gasteiger charge is -2.34. The lowest BCUT2D eigenvalue weighted by atomic mass is 10.3. The van der Waals surface area contributed by atoms with E-state index in [0.29, 0.717) is 19.6 Å². The van der Waals surface area contributed by atoms with Crippen molar-refractivity contribution >= 4 is 17.4 Å². The molecule has 1 saturated heterocycles. The van der Waals surface area contributed by atoms with Crippen LogP contribution in [-0.2, 0) is 6.54 Å². The molecular weight excluding hydrogens is 291 g/mol. The number of urea groups is 1.